The van der Waals surface area contributed by atoms with Crippen LogP contribution in [0.1, 0.15) is 42.9 Å². The van der Waals surface area contributed by atoms with Crippen LogP contribution in [0.3, 0.4) is 0 Å². The number of carbonyl (C=O) groups excluding carboxylic acids is 1. The summed E-state index contributed by atoms with van der Waals surface area (Å²) in [6.45, 7) is 7.66. The normalized spacial score (nSPS) is 35.1. The maximum Gasteiger partial charge on any atom is 0.174 e. The number of likely N-dealkylation sites (tertiary alicyclic amines) is 1. The number of ether oxygens (including phenoxy) is 2. The van der Waals surface area contributed by atoms with E-state index in [-0.39, 0.29) is 17.3 Å². The molecule has 132 valence electrons. The van der Waals surface area contributed by atoms with Gasteiger partial charge in [0.2, 0.25) is 0 Å². The van der Waals surface area contributed by atoms with Crippen molar-refractivity contribution in [3.8, 4) is 5.75 Å². The maximum absolute atomic E-state index is 12.8. The number of Topliss-reactive ketones (excluding diaryl/α,β-unsaturated/α-hetero) is 1. The molecule has 4 heteroatoms. The highest BCUT2D eigenvalue weighted by molar-refractivity contribution is 5.89. The van der Waals surface area contributed by atoms with E-state index in [4.69, 9.17) is 9.47 Å². The Hall–Kier alpha value is -1.81. The zero-order chi connectivity index (χ0) is 17.3. The van der Waals surface area contributed by atoms with Gasteiger partial charge in [0.15, 0.2) is 11.9 Å². The Morgan fingerprint density at radius 3 is 3.12 bits per heavy atom. The van der Waals surface area contributed by atoms with Crippen LogP contribution in [-0.4, -0.2) is 43.0 Å². The molecule has 2 heterocycles. The molecular weight excluding hydrogens is 314 g/mol. The van der Waals surface area contributed by atoms with Crippen LogP contribution in [0, 0.1) is 5.92 Å². The number of hydrogen-bond acceptors (Lipinski definition) is 4. The molecule has 1 saturated heterocycles. The molecule has 5 rings (SSSR count). The predicted molar refractivity (Wildman–Crippen MR) is 95.7 cm³/mol. The topological polar surface area (TPSA) is 38.8 Å². The number of benzene rings is 1. The summed E-state index contributed by atoms with van der Waals surface area (Å²) in [5.74, 6) is 2.31. The molecule has 2 aliphatic heterocycles. The molecule has 25 heavy (non-hydrogen) atoms. The molecule has 0 amide bonds. The quantitative estimate of drug-likeness (QED) is 0.794. The molecule has 1 saturated carbocycles. The van der Waals surface area contributed by atoms with Crippen LogP contribution >= 0.6 is 0 Å². The first kappa shape index (κ1) is 15.4. The predicted octanol–water partition coefficient (Wildman–Crippen LogP) is 2.93. The molecule has 1 aromatic carbocycles. The highest BCUT2D eigenvalue weighted by Gasteiger charge is 2.65. The molecule has 0 N–H and O–H groups in total. The first-order valence-electron chi connectivity index (χ1n) is 9.46. The Morgan fingerprint density at radius 1 is 1.48 bits per heavy atom. The van der Waals surface area contributed by atoms with E-state index < -0.39 is 0 Å². The third-order valence-corrected chi connectivity index (χ3v) is 7.03. The molecule has 4 nitrogen and oxygen atoms in total. The van der Waals surface area contributed by atoms with Crippen molar-refractivity contribution in [2.75, 3.05) is 20.2 Å². The summed E-state index contributed by atoms with van der Waals surface area (Å²) >= 11 is 0. The van der Waals surface area contributed by atoms with Gasteiger partial charge in [-0.1, -0.05) is 12.6 Å². The Bertz CT molecular complexity index is 786. The smallest absolute Gasteiger partial charge is 0.174 e. The summed E-state index contributed by atoms with van der Waals surface area (Å²) < 4.78 is 12.1. The second-order valence-electron chi connectivity index (χ2n) is 7.98. The van der Waals surface area contributed by atoms with Crippen molar-refractivity contribution in [2.45, 2.75) is 50.2 Å². The van der Waals surface area contributed by atoms with Crippen molar-refractivity contribution in [3.05, 3.63) is 35.4 Å². The van der Waals surface area contributed by atoms with Crippen LogP contribution in [0.2, 0.25) is 0 Å². The minimum Gasteiger partial charge on any atom is -0.494 e. The standard InChI is InChI=1S/C21H25NO3/c1-4-24-12(2)14-6-5-13-11-16-15-7-8-17(23)20-21(15,9-10-22(16)3)18(13)19(14)25-20/h5-6,15-16,20H,2,4,7-11H2,1,3H3/t15-,16+,20?,21-/m0/s1. The highest BCUT2D eigenvalue weighted by Crippen LogP contribution is 2.62. The van der Waals surface area contributed by atoms with Gasteiger partial charge < -0.3 is 14.4 Å². The summed E-state index contributed by atoms with van der Waals surface area (Å²) in [5, 5.41) is 0. The van der Waals surface area contributed by atoms with Gasteiger partial charge in [0, 0.05) is 23.4 Å². The van der Waals surface area contributed by atoms with Crippen molar-refractivity contribution < 1.29 is 14.3 Å². The van der Waals surface area contributed by atoms with Crippen LogP contribution in [0.4, 0.5) is 0 Å². The van der Waals surface area contributed by atoms with E-state index in [9.17, 15) is 4.79 Å². The summed E-state index contributed by atoms with van der Waals surface area (Å²) in [4.78, 5) is 15.3. The van der Waals surface area contributed by atoms with Gasteiger partial charge in [-0.2, -0.15) is 0 Å². The Labute approximate surface area is 148 Å². The lowest BCUT2D eigenvalue weighted by atomic mass is 9.51. The molecule has 4 aliphatic rings. The second kappa shape index (κ2) is 5.10. The van der Waals surface area contributed by atoms with Crippen molar-refractivity contribution in [3.63, 3.8) is 0 Å². The number of carbonyl (C=O) groups is 1. The van der Waals surface area contributed by atoms with Gasteiger partial charge in [0.1, 0.15) is 11.5 Å². The van der Waals surface area contributed by atoms with Crippen LogP contribution < -0.4 is 4.74 Å². The van der Waals surface area contributed by atoms with Crippen molar-refractivity contribution in [1.82, 2.24) is 4.90 Å². The number of piperidine rings is 1. The van der Waals surface area contributed by atoms with Crippen molar-refractivity contribution in [2.24, 2.45) is 5.92 Å². The number of hydrogen-bond donors (Lipinski definition) is 0. The second-order valence-corrected chi connectivity index (χ2v) is 7.98. The molecule has 2 aliphatic carbocycles. The van der Waals surface area contributed by atoms with E-state index in [2.05, 4.69) is 30.7 Å². The average Bonchev–Trinajstić information content (AvgIpc) is 2.95. The van der Waals surface area contributed by atoms with E-state index in [0.717, 1.165) is 37.1 Å². The third-order valence-electron chi connectivity index (χ3n) is 7.03. The average molecular weight is 339 g/mol. The lowest BCUT2D eigenvalue weighted by Gasteiger charge is -2.57. The number of ketones is 1. The van der Waals surface area contributed by atoms with Crippen molar-refractivity contribution >= 4 is 11.5 Å². The molecule has 0 radical (unpaired) electrons. The summed E-state index contributed by atoms with van der Waals surface area (Å²) in [5.41, 5.74) is 3.46. The minimum absolute atomic E-state index is 0.127. The fourth-order valence-electron chi connectivity index (χ4n) is 6.01. The minimum atomic E-state index is -0.313. The highest BCUT2D eigenvalue weighted by atomic mass is 16.5. The van der Waals surface area contributed by atoms with Crippen LogP contribution in [0.15, 0.2) is 18.7 Å². The fraction of sp³-hybridized carbons (Fsp3) is 0.571. The molecule has 2 fully saturated rings. The van der Waals surface area contributed by atoms with E-state index in [1.165, 1.54) is 11.1 Å². The van der Waals surface area contributed by atoms with E-state index in [0.29, 0.717) is 30.7 Å². The fourth-order valence-corrected chi connectivity index (χ4v) is 6.01. The van der Waals surface area contributed by atoms with Gasteiger partial charge in [0.05, 0.1) is 12.2 Å². The van der Waals surface area contributed by atoms with Crippen molar-refractivity contribution in [1.29, 1.82) is 0 Å². The van der Waals surface area contributed by atoms with Gasteiger partial charge in [-0.15, -0.1) is 0 Å². The van der Waals surface area contributed by atoms with Gasteiger partial charge in [0.25, 0.3) is 0 Å². The molecule has 1 unspecified atom stereocenters. The first-order chi connectivity index (χ1) is 12.1. The van der Waals surface area contributed by atoms with E-state index in [1.54, 1.807) is 0 Å². The SMILES string of the molecule is C=C(OCC)c1ccc2c3c1OC1C(=O)CC[C@H]4[C@@H](C2)N(C)CC[C@]314. The molecule has 0 aromatic heterocycles. The summed E-state index contributed by atoms with van der Waals surface area (Å²) in [6, 6.07) is 4.81. The number of likely N-dealkylation sites (N-methyl/N-ethyl adjacent to an activating group) is 1. The molecule has 1 aromatic rings. The largest absolute Gasteiger partial charge is 0.494 e. The van der Waals surface area contributed by atoms with Gasteiger partial charge in [-0.3, -0.25) is 4.79 Å². The van der Waals surface area contributed by atoms with Crippen LogP contribution in [0.25, 0.3) is 5.76 Å². The number of rotatable bonds is 3. The molecule has 2 bridgehead atoms. The molecule has 1 spiro atoms. The lowest BCUT2D eigenvalue weighted by molar-refractivity contribution is -0.138. The summed E-state index contributed by atoms with van der Waals surface area (Å²) in [7, 11) is 2.23. The van der Waals surface area contributed by atoms with E-state index in [1.807, 2.05) is 6.92 Å². The summed E-state index contributed by atoms with van der Waals surface area (Å²) in [6.07, 6.45) is 3.38. The van der Waals surface area contributed by atoms with Gasteiger partial charge >= 0.3 is 0 Å². The zero-order valence-corrected chi connectivity index (χ0v) is 15.0. The maximum atomic E-state index is 12.8. The monoisotopic (exact) mass is 339 g/mol. The lowest BCUT2D eigenvalue weighted by Crippen LogP contribution is -2.65. The number of nitrogens with zero attached hydrogens (tertiary/aromatic N) is 1. The van der Waals surface area contributed by atoms with Gasteiger partial charge in [-0.25, -0.2) is 0 Å². The van der Waals surface area contributed by atoms with Crippen LogP contribution in [-0.2, 0) is 21.4 Å². The Kier molecular flexibility index (Phi) is 3.15. The Morgan fingerprint density at radius 2 is 2.32 bits per heavy atom. The zero-order valence-electron chi connectivity index (χ0n) is 15.0. The molecular formula is C21H25NO3. The third kappa shape index (κ3) is 1.78. The first-order valence-corrected chi connectivity index (χ1v) is 9.46. The van der Waals surface area contributed by atoms with Crippen LogP contribution in [0.5, 0.6) is 5.75 Å². The van der Waals surface area contributed by atoms with E-state index >= 15 is 0 Å². The van der Waals surface area contributed by atoms with Gasteiger partial charge in [-0.05, 0) is 57.3 Å². The molecule has 4 atom stereocenters. The Balaban J connectivity index is 1.74.